The molecule has 0 bridgehead atoms. The quantitative estimate of drug-likeness (QED) is 0.377. The zero-order chi connectivity index (χ0) is 15.5. The first kappa shape index (κ1) is 20.3. The lowest BCUT2D eigenvalue weighted by Gasteiger charge is -2.40. The van der Waals surface area contributed by atoms with Crippen LogP contribution < -0.4 is 5.73 Å². The van der Waals surface area contributed by atoms with Gasteiger partial charge in [0.15, 0.2) is 5.84 Å². The standard InChI is InChI=1S/C18H21N3O.2ClH/c1-13-18(14-7-3-2-4-8-14)16-10-6-5-9-15(16)11-21(13)12-17(19)20-22;;/h2-10,13,18,22H,11-12H2,1H3,(H2,19,20);2*1H. The fourth-order valence-corrected chi connectivity index (χ4v) is 3.37. The van der Waals surface area contributed by atoms with E-state index in [0.717, 1.165) is 6.54 Å². The van der Waals surface area contributed by atoms with Gasteiger partial charge in [-0.15, -0.1) is 24.8 Å². The van der Waals surface area contributed by atoms with Crippen LogP contribution in [0, 0.1) is 0 Å². The molecule has 3 rings (SSSR count). The summed E-state index contributed by atoms with van der Waals surface area (Å²) < 4.78 is 0. The van der Waals surface area contributed by atoms with E-state index in [-0.39, 0.29) is 42.6 Å². The summed E-state index contributed by atoms with van der Waals surface area (Å²) >= 11 is 0. The predicted octanol–water partition coefficient (Wildman–Crippen LogP) is 3.61. The summed E-state index contributed by atoms with van der Waals surface area (Å²) in [5, 5.41) is 12.0. The number of amidine groups is 1. The van der Waals surface area contributed by atoms with Crippen LogP contribution in [-0.2, 0) is 6.54 Å². The highest BCUT2D eigenvalue weighted by atomic mass is 35.5. The Balaban J connectivity index is 0.00000144. The highest BCUT2D eigenvalue weighted by Gasteiger charge is 2.33. The lowest BCUT2D eigenvalue weighted by molar-refractivity contribution is 0.191. The van der Waals surface area contributed by atoms with Gasteiger partial charge in [0.2, 0.25) is 0 Å². The van der Waals surface area contributed by atoms with Gasteiger partial charge >= 0.3 is 0 Å². The lowest BCUT2D eigenvalue weighted by Crippen LogP contribution is -2.45. The number of hydrogen-bond acceptors (Lipinski definition) is 3. The number of halogens is 2. The van der Waals surface area contributed by atoms with Gasteiger partial charge in [0, 0.05) is 18.5 Å². The molecule has 0 aromatic heterocycles. The Kier molecular flexibility index (Phi) is 7.55. The fourth-order valence-electron chi connectivity index (χ4n) is 3.37. The molecular formula is C18H23Cl2N3O. The molecule has 2 aromatic rings. The first-order valence-corrected chi connectivity index (χ1v) is 7.54. The van der Waals surface area contributed by atoms with Crippen molar-refractivity contribution in [2.24, 2.45) is 10.9 Å². The SMILES string of the molecule is CC1C(c2ccccc2)c2ccccc2CN1C/C(N)=N/O.Cl.Cl. The van der Waals surface area contributed by atoms with Gasteiger partial charge in [0.05, 0.1) is 6.54 Å². The van der Waals surface area contributed by atoms with Crippen molar-refractivity contribution in [1.82, 2.24) is 4.90 Å². The number of hydrogen-bond donors (Lipinski definition) is 2. The molecule has 130 valence electrons. The van der Waals surface area contributed by atoms with Gasteiger partial charge in [-0.25, -0.2) is 0 Å². The molecule has 0 radical (unpaired) electrons. The van der Waals surface area contributed by atoms with Crippen LogP contribution >= 0.6 is 24.8 Å². The average Bonchev–Trinajstić information content (AvgIpc) is 2.56. The summed E-state index contributed by atoms with van der Waals surface area (Å²) in [6, 6.07) is 19.4. The molecule has 24 heavy (non-hydrogen) atoms. The summed E-state index contributed by atoms with van der Waals surface area (Å²) in [6.45, 7) is 3.49. The number of fused-ring (bicyclic) bond motifs is 1. The summed E-state index contributed by atoms with van der Waals surface area (Å²) in [4.78, 5) is 2.26. The molecule has 0 spiro atoms. The van der Waals surface area contributed by atoms with E-state index in [1.54, 1.807) is 0 Å². The van der Waals surface area contributed by atoms with Gasteiger partial charge in [0.25, 0.3) is 0 Å². The monoisotopic (exact) mass is 367 g/mol. The van der Waals surface area contributed by atoms with Crippen LogP contribution in [-0.4, -0.2) is 28.5 Å². The van der Waals surface area contributed by atoms with E-state index in [1.165, 1.54) is 16.7 Å². The van der Waals surface area contributed by atoms with E-state index in [4.69, 9.17) is 10.9 Å². The molecule has 0 saturated carbocycles. The minimum Gasteiger partial charge on any atom is -0.409 e. The van der Waals surface area contributed by atoms with Crippen LogP contribution in [0.1, 0.15) is 29.5 Å². The third-order valence-electron chi connectivity index (χ3n) is 4.47. The van der Waals surface area contributed by atoms with Crippen molar-refractivity contribution in [2.75, 3.05) is 6.54 Å². The second kappa shape index (κ2) is 8.92. The van der Waals surface area contributed by atoms with Crippen LogP contribution in [0.5, 0.6) is 0 Å². The van der Waals surface area contributed by atoms with Crippen LogP contribution in [0.25, 0.3) is 0 Å². The Morgan fingerprint density at radius 2 is 1.75 bits per heavy atom. The van der Waals surface area contributed by atoms with E-state index in [1.807, 2.05) is 6.07 Å². The van der Waals surface area contributed by atoms with E-state index in [2.05, 4.69) is 65.5 Å². The number of oxime groups is 1. The smallest absolute Gasteiger partial charge is 0.153 e. The molecule has 2 atom stereocenters. The zero-order valence-corrected chi connectivity index (χ0v) is 15.1. The molecule has 0 aliphatic carbocycles. The fraction of sp³-hybridized carbons (Fsp3) is 0.278. The minimum atomic E-state index is 0. The normalized spacial score (nSPS) is 20.5. The van der Waals surface area contributed by atoms with Crippen LogP contribution in [0.15, 0.2) is 59.8 Å². The molecule has 0 amide bonds. The maximum atomic E-state index is 8.87. The van der Waals surface area contributed by atoms with Gasteiger partial charge in [-0.2, -0.15) is 0 Å². The van der Waals surface area contributed by atoms with Gasteiger partial charge < -0.3 is 10.9 Å². The van der Waals surface area contributed by atoms with Crippen LogP contribution in [0.3, 0.4) is 0 Å². The van der Waals surface area contributed by atoms with E-state index < -0.39 is 0 Å². The largest absolute Gasteiger partial charge is 0.409 e. The molecule has 4 nitrogen and oxygen atoms in total. The topological polar surface area (TPSA) is 61.8 Å². The van der Waals surface area contributed by atoms with Crippen molar-refractivity contribution in [3.63, 3.8) is 0 Å². The molecule has 6 heteroatoms. The van der Waals surface area contributed by atoms with Gasteiger partial charge in [-0.05, 0) is 23.6 Å². The van der Waals surface area contributed by atoms with E-state index >= 15 is 0 Å². The van der Waals surface area contributed by atoms with Crippen molar-refractivity contribution >= 4 is 30.6 Å². The summed E-state index contributed by atoms with van der Waals surface area (Å²) in [7, 11) is 0. The molecule has 1 aliphatic heterocycles. The first-order chi connectivity index (χ1) is 10.7. The molecule has 2 aromatic carbocycles. The van der Waals surface area contributed by atoms with Crippen LogP contribution in [0.4, 0.5) is 0 Å². The Morgan fingerprint density at radius 1 is 1.12 bits per heavy atom. The molecule has 0 saturated heterocycles. The highest BCUT2D eigenvalue weighted by Crippen LogP contribution is 2.37. The Morgan fingerprint density at radius 3 is 2.42 bits per heavy atom. The number of rotatable bonds is 3. The number of nitrogens with two attached hydrogens (primary N) is 1. The van der Waals surface area contributed by atoms with E-state index in [9.17, 15) is 0 Å². The van der Waals surface area contributed by atoms with Crippen molar-refractivity contribution in [3.05, 3.63) is 71.3 Å². The maximum Gasteiger partial charge on any atom is 0.153 e. The molecule has 1 heterocycles. The third kappa shape index (κ3) is 4.01. The number of nitrogens with zero attached hydrogens (tertiary/aromatic N) is 2. The third-order valence-corrected chi connectivity index (χ3v) is 4.47. The number of benzene rings is 2. The summed E-state index contributed by atoms with van der Waals surface area (Å²) in [5.74, 6) is 0.538. The maximum absolute atomic E-state index is 8.87. The molecule has 0 fully saturated rings. The van der Waals surface area contributed by atoms with Gasteiger partial charge in [0.1, 0.15) is 0 Å². The van der Waals surface area contributed by atoms with Gasteiger partial charge in [-0.3, -0.25) is 4.90 Å². The molecular weight excluding hydrogens is 345 g/mol. The Hall–Kier alpha value is -1.75. The second-order valence-electron chi connectivity index (χ2n) is 5.82. The Bertz CT molecular complexity index is 679. The first-order valence-electron chi connectivity index (χ1n) is 7.54. The van der Waals surface area contributed by atoms with Crippen molar-refractivity contribution < 1.29 is 5.21 Å². The minimum absolute atomic E-state index is 0. The van der Waals surface area contributed by atoms with Crippen molar-refractivity contribution in [1.29, 1.82) is 0 Å². The second-order valence-corrected chi connectivity index (χ2v) is 5.82. The molecule has 2 unspecified atom stereocenters. The van der Waals surface area contributed by atoms with E-state index in [0.29, 0.717) is 6.54 Å². The zero-order valence-electron chi connectivity index (χ0n) is 13.5. The van der Waals surface area contributed by atoms with Gasteiger partial charge in [-0.1, -0.05) is 59.8 Å². The summed E-state index contributed by atoms with van der Waals surface area (Å²) in [5.41, 5.74) is 9.70. The predicted molar refractivity (Wildman–Crippen MR) is 103 cm³/mol. The summed E-state index contributed by atoms with van der Waals surface area (Å²) in [6.07, 6.45) is 0. The lowest BCUT2D eigenvalue weighted by atomic mass is 9.79. The molecule has 3 N–H and O–H groups in total. The van der Waals surface area contributed by atoms with Crippen LogP contribution in [0.2, 0.25) is 0 Å². The highest BCUT2D eigenvalue weighted by molar-refractivity contribution is 5.85. The van der Waals surface area contributed by atoms with Crippen molar-refractivity contribution in [3.8, 4) is 0 Å². The average molecular weight is 368 g/mol. The Labute approximate surface area is 155 Å². The van der Waals surface area contributed by atoms with Crippen molar-refractivity contribution in [2.45, 2.75) is 25.4 Å². The molecule has 1 aliphatic rings.